The van der Waals surface area contributed by atoms with Gasteiger partial charge >= 0.3 is 5.97 Å². The summed E-state index contributed by atoms with van der Waals surface area (Å²) in [5.41, 5.74) is 6.55. The van der Waals surface area contributed by atoms with Gasteiger partial charge in [0.2, 0.25) is 0 Å². The number of carboxylic acids is 1. The van der Waals surface area contributed by atoms with Crippen LogP contribution >= 0.6 is 11.8 Å². The minimum Gasteiger partial charge on any atom is -0.493 e. The van der Waals surface area contributed by atoms with E-state index >= 15 is 0 Å². The predicted octanol–water partition coefficient (Wildman–Crippen LogP) is 6.98. The van der Waals surface area contributed by atoms with E-state index in [4.69, 9.17) is 9.47 Å². The topological polar surface area (TPSA) is 84.9 Å². The molecule has 2 N–H and O–H groups in total. The minimum absolute atomic E-state index is 0.0384. The van der Waals surface area contributed by atoms with Gasteiger partial charge in [0, 0.05) is 12.0 Å². The van der Waals surface area contributed by atoms with Gasteiger partial charge in [-0.25, -0.2) is 4.79 Å². The van der Waals surface area contributed by atoms with Crippen molar-refractivity contribution in [3.63, 3.8) is 0 Å². The van der Waals surface area contributed by atoms with Crippen LogP contribution in [-0.4, -0.2) is 41.6 Å². The van der Waals surface area contributed by atoms with Crippen LogP contribution in [-0.2, 0) is 22.6 Å². The first-order chi connectivity index (χ1) is 19.4. The Labute approximate surface area is 241 Å². The van der Waals surface area contributed by atoms with E-state index in [0.29, 0.717) is 24.3 Å². The van der Waals surface area contributed by atoms with Crippen LogP contribution in [0.4, 0.5) is 0 Å². The molecule has 0 saturated carbocycles. The van der Waals surface area contributed by atoms with Crippen molar-refractivity contribution in [2.45, 2.75) is 64.7 Å². The van der Waals surface area contributed by atoms with Crippen LogP contribution in [0.1, 0.15) is 71.3 Å². The first-order valence-electron chi connectivity index (χ1n) is 14.0. The molecule has 0 fully saturated rings. The molecule has 0 spiro atoms. The van der Waals surface area contributed by atoms with E-state index in [-0.39, 0.29) is 12.0 Å². The first-order valence-corrected chi connectivity index (χ1v) is 15.4. The van der Waals surface area contributed by atoms with Gasteiger partial charge in [0.15, 0.2) is 0 Å². The highest BCUT2D eigenvalue weighted by Gasteiger charge is 2.23. The number of hydrogen-bond acceptors (Lipinski definition) is 5. The zero-order chi connectivity index (χ0) is 28.5. The van der Waals surface area contributed by atoms with E-state index in [1.807, 2.05) is 55.6 Å². The molecule has 212 valence electrons. The molecule has 0 aromatic heterocycles. The molecule has 40 heavy (non-hydrogen) atoms. The Kier molecular flexibility index (Phi) is 10.7. The SMILES string of the molecule is CCCC[C@H](OCc1ccc(C(=O)N[C@@H](CCSC)C(=O)O)c(-c2ccccc2C)c1)c1ccc2c(c1)CCO2. The van der Waals surface area contributed by atoms with Gasteiger partial charge in [-0.05, 0) is 89.4 Å². The number of carbonyl (C=O) groups excluding carboxylic acids is 1. The summed E-state index contributed by atoms with van der Waals surface area (Å²) >= 11 is 1.56. The second-order valence-electron chi connectivity index (χ2n) is 10.2. The molecule has 3 aromatic carbocycles. The van der Waals surface area contributed by atoms with Gasteiger partial charge in [-0.15, -0.1) is 0 Å². The highest BCUT2D eigenvalue weighted by molar-refractivity contribution is 7.98. The zero-order valence-electron chi connectivity index (χ0n) is 23.6. The van der Waals surface area contributed by atoms with E-state index in [0.717, 1.165) is 65.9 Å². The maximum absolute atomic E-state index is 13.4. The fourth-order valence-corrected chi connectivity index (χ4v) is 5.52. The van der Waals surface area contributed by atoms with E-state index in [1.54, 1.807) is 17.8 Å². The van der Waals surface area contributed by atoms with Crippen LogP contribution in [0, 0.1) is 6.92 Å². The first kappa shape index (κ1) is 29.7. The van der Waals surface area contributed by atoms with Crippen LogP contribution in [0.5, 0.6) is 5.75 Å². The molecule has 0 aliphatic carbocycles. The van der Waals surface area contributed by atoms with E-state index < -0.39 is 12.0 Å². The number of ether oxygens (including phenoxy) is 2. The molecule has 1 aliphatic rings. The van der Waals surface area contributed by atoms with Gasteiger partial charge < -0.3 is 19.9 Å². The van der Waals surface area contributed by atoms with Crippen molar-refractivity contribution in [3.05, 3.63) is 88.5 Å². The number of fused-ring (bicyclic) bond motifs is 1. The molecule has 0 bridgehead atoms. The number of carbonyl (C=O) groups is 2. The van der Waals surface area contributed by atoms with E-state index in [9.17, 15) is 14.7 Å². The standard InChI is InChI=1S/C33H39NO5S/c1-4-5-10-30(24-12-14-31-25(20-24)15-17-38-31)39-21-23-11-13-27(28(19-23)26-9-7-6-8-22(26)2)32(35)34-29(33(36)37)16-18-40-3/h6-9,11-14,19-20,29-30H,4-5,10,15-18,21H2,1-3H3,(H,34,35)(H,36,37)/t29-,30-/m0/s1. The van der Waals surface area contributed by atoms with E-state index in [2.05, 4.69) is 24.4 Å². The lowest BCUT2D eigenvalue weighted by Gasteiger charge is -2.20. The average molecular weight is 562 g/mol. The third-order valence-corrected chi connectivity index (χ3v) is 7.98. The molecular weight excluding hydrogens is 522 g/mol. The summed E-state index contributed by atoms with van der Waals surface area (Å²) in [6.45, 7) is 5.32. The van der Waals surface area contributed by atoms with Crippen molar-refractivity contribution in [3.8, 4) is 16.9 Å². The predicted molar refractivity (Wildman–Crippen MR) is 161 cm³/mol. The number of aliphatic carboxylic acids is 1. The van der Waals surface area contributed by atoms with Crippen LogP contribution in [0.3, 0.4) is 0 Å². The summed E-state index contributed by atoms with van der Waals surface area (Å²) in [5, 5.41) is 12.4. The van der Waals surface area contributed by atoms with Crippen LogP contribution in [0.2, 0.25) is 0 Å². The van der Waals surface area contributed by atoms with Gasteiger partial charge in [0.1, 0.15) is 11.8 Å². The van der Waals surface area contributed by atoms with Crippen molar-refractivity contribution >= 4 is 23.6 Å². The number of aryl methyl sites for hydroxylation is 1. The normalized spacial score (nSPS) is 13.8. The number of amides is 1. The Morgan fingerprint density at radius 2 is 1.90 bits per heavy atom. The Morgan fingerprint density at radius 3 is 2.65 bits per heavy atom. The number of rotatable bonds is 14. The third-order valence-electron chi connectivity index (χ3n) is 7.33. The molecule has 0 saturated heterocycles. The Balaban J connectivity index is 1.60. The lowest BCUT2D eigenvalue weighted by molar-refractivity contribution is -0.139. The number of hydrogen-bond donors (Lipinski definition) is 2. The van der Waals surface area contributed by atoms with Crippen LogP contribution in [0.15, 0.2) is 60.7 Å². The minimum atomic E-state index is -1.03. The fourth-order valence-electron chi connectivity index (χ4n) is 5.05. The number of carboxylic acid groups (broad SMARTS) is 1. The number of thioether (sulfide) groups is 1. The number of nitrogens with one attached hydrogen (secondary N) is 1. The van der Waals surface area contributed by atoms with Gasteiger partial charge in [0.25, 0.3) is 5.91 Å². The van der Waals surface area contributed by atoms with Gasteiger partial charge in [-0.1, -0.05) is 56.2 Å². The summed E-state index contributed by atoms with van der Waals surface area (Å²) in [4.78, 5) is 25.2. The largest absolute Gasteiger partial charge is 0.493 e. The molecular formula is C33H39NO5S. The van der Waals surface area contributed by atoms with Crippen LogP contribution < -0.4 is 10.1 Å². The maximum atomic E-state index is 13.4. The van der Waals surface area contributed by atoms with Gasteiger partial charge in [-0.3, -0.25) is 4.79 Å². The lowest BCUT2D eigenvalue weighted by Crippen LogP contribution is -2.41. The molecule has 4 rings (SSSR count). The molecule has 1 aliphatic heterocycles. The summed E-state index contributed by atoms with van der Waals surface area (Å²) in [6, 6.07) is 19.0. The monoisotopic (exact) mass is 561 g/mol. The van der Waals surface area contributed by atoms with Crippen molar-refractivity contribution in [2.75, 3.05) is 18.6 Å². The quantitative estimate of drug-likeness (QED) is 0.221. The van der Waals surface area contributed by atoms with E-state index in [1.165, 1.54) is 5.56 Å². The molecule has 6 nitrogen and oxygen atoms in total. The number of benzene rings is 3. The summed E-state index contributed by atoms with van der Waals surface area (Å²) in [6.07, 6.45) is 6.24. The highest BCUT2D eigenvalue weighted by Crippen LogP contribution is 2.33. The fraction of sp³-hybridized carbons (Fsp3) is 0.394. The molecule has 1 amide bonds. The van der Waals surface area contributed by atoms with Crippen molar-refractivity contribution in [1.82, 2.24) is 5.32 Å². The summed E-state index contributed by atoms with van der Waals surface area (Å²) in [7, 11) is 0. The maximum Gasteiger partial charge on any atom is 0.326 e. The number of unbranched alkanes of at least 4 members (excludes halogenated alkanes) is 1. The molecule has 1 heterocycles. The van der Waals surface area contributed by atoms with Crippen molar-refractivity contribution in [2.24, 2.45) is 0 Å². The van der Waals surface area contributed by atoms with Gasteiger partial charge in [-0.2, -0.15) is 11.8 Å². The molecule has 3 aromatic rings. The summed E-state index contributed by atoms with van der Waals surface area (Å²) < 4.78 is 12.2. The molecule has 0 radical (unpaired) electrons. The van der Waals surface area contributed by atoms with Crippen LogP contribution in [0.25, 0.3) is 11.1 Å². The highest BCUT2D eigenvalue weighted by atomic mass is 32.2. The second-order valence-corrected chi connectivity index (χ2v) is 11.2. The second kappa shape index (κ2) is 14.4. The third kappa shape index (κ3) is 7.46. The Morgan fingerprint density at radius 1 is 1.07 bits per heavy atom. The van der Waals surface area contributed by atoms with Crippen molar-refractivity contribution in [1.29, 1.82) is 0 Å². The Hall–Kier alpha value is -3.29. The summed E-state index contributed by atoms with van der Waals surface area (Å²) in [5.74, 6) is 0.198. The molecule has 0 unspecified atom stereocenters. The van der Waals surface area contributed by atoms with Crippen molar-refractivity contribution < 1.29 is 24.2 Å². The average Bonchev–Trinajstić information content (AvgIpc) is 3.43. The smallest absolute Gasteiger partial charge is 0.326 e. The molecule has 7 heteroatoms. The lowest BCUT2D eigenvalue weighted by atomic mass is 9.93. The molecule has 2 atom stereocenters. The zero-order valence-corrected chi connectivity index (χ0v) is 24.4. The van der Waals surface area contributed by atoms with Gasteiger partial charge in [0.05, 0.1) is 19.3 Å². The Bertz CT molecular complexity index is 1320.